The zero-order valence-electron chi connectivity index (χ0n) is 14.2. The van der Waals surface area contributed by atoms with Crippen molar-refractivity contribution in [3.05, 3.63) is 46.4 Å². The van der Waals surface area contributed by atoms with Crippen molar-refractivity contribution in [2.45, 2.75) is 45.6 Å². The maximum Gasteiger partial charge on any atom is 0.250 e. The van der Waals surface area contributed by atoms with Crippen LogP contribution in [-0.2, 0) is 6.54 Å². The molecule has 0 aliphatic carbocycles. The Morgan fingerprint density at radius 3 is 2.71 bits per heavy atom. The summed E-state index contributed by atoms with van der Waals surface area (Å²) in [7, 11) is 0. The predicted octanol–water partition coefficient (Wildman–Crippen LogP) is 4.17. The first-order chi connectivity index (χ1) is 11.7. The quantitative estimate of drug-likeness (QED) is 0.850. The Kier molecular flexibility index (Phi) is 3.83. The summed E-state index contributed by atoms with van der Waals surface area (Å²) >= 11 is 0. The van der Waals surface area contributed by atoms with E-state index >= 15 is 0 Å². The molecule has 4 rings (SSSR count). The van der Waals surface area contributed by atoms with Gasteiger partial charge in [0.25, 0.3) is 5.56 Å². The minimum absolute atomic E-state index is 0.117. The number of hydrogen-bond acceptors (Lipinski definition) is 3. The van der Waals surface area contributed by atoms with Crippen LogP contribution in [0.25, 0.3) is 11.1 Å². The number of benzene rings is 1. The van der Waals surface area contributed by atoms with E-state index in [1.807, 2.05) is 22.8 Å². The zero-order valence-corrected chi connectivity index (χ0v) is 14.2. The third-order valence-electron chi connectivity index (χ3n) is 5.42. The SMILES string of the molecule is CCC1CC(CC)c2c(-c3ccc4c(c3)OCO4)ccc(=O)n2C1. The van der Waals surface area contributed by atoms with Gasteiger partial charge < -0.3 is 14.0 Å². The predicted molar refractivity (Wildman–Crippen MR) is 93.7 cm³/mol. The summed E-state index contributed by atoms with van der Waals surface area (Å²) in [5.41, 5.74) is 3.55. The minimum Gasteiger partial charge on any atom is -0.454 e. The molecule has 0 saturated heterocycles. The number of aromatic nitrogens is 1. The van der Waals surface area contributed by atoms with Gasteiger partial charge in [0.1, 0.15) is 0 Å². The molecule has 0 fully saturated rings. The molecular weight excluding hydrogens is 302 g/mol. The lowest BCUT2D eigenvalue weighted by atomic mass is 9.81. The summed E-state index contributed by atoms with van der Waals surface area (Å²) < 4.78 is 12.9. The molecule has 0 saturated carbocycles. The van der Waals surface area contributed by atoms with E-state index in [-0.39, 0.29) is 12.4 Å². The Balaban J connectivity index is 1.87. The van der Waals surface area contributed by atoms with Gasteiger partial charge >= 0.3 is 0 Å². The van der Waals surface area contributed by atoms with Crippen molar-refractivity contribution >= 4 is 0 Å². The molecular formula is C20H23NO3. The van der Waals surface area contributed by atoms with Crippen LogP contribution in [-0.4, -0.2) is 11.4 Å². The highest BCUT2D eigenvalue weighted by atomic mass is 16.7. The second kappa shape index (κ2) is 6.00. The van der Waals surface area contributed by atoms with Crippen molar-refractivity contribution in [2.24, 2.45) is 5.92 Å². The van der Waals surface area contributed by atoms with E-state index < -0.39 is 0 Å². The first-order valence-electron chi connectivity index (χ1n) is 8.85. The standard InChI is InChI=1S/C20H23NO3/c1-3-13-9-14(4-2)20-16(6-8-19(22)21(20)11-13)15-5-7-17-18(10-15)24-12-23-17/h5-8,10,13-14H,3-4,9,11-12H2,1-2H3. The van der Waals surface area contributed by atoms with Crippen molar-refractivity contribution < 1.29 is 9.47 Å². The van der Waals surface area contributed by atoms with Crippen molar-refractivity contribution in [3.8, 4) is 22.6 Å². The number of nitrogens with zero attached hydrogens (tertiary/aromatic N) is 1. The summed E-state index contributed by atoms with van der Waals surface area (Å²) in [4.78, 5) is 12.5. The van der Waals surface area contributed by atoms with E-state index in [0.29, 0.717) is 11.8 Å². The van der Waals surface area contributed by atoms with Crippen LogP contribution in [0.1, 0.15) is 44.7 Å². The van der Waals surface area contributed by atoms with Crippen molar-refractivity contribution in [3.63, 3.8) is 0 Å². The Hall–Kier alpha value is -2.23. The molecule has 2 unspecified atom stereocenters. The van der Waals surface area contributed by atoms with Gasteiger partial charge in [-0.25, -0.2) is 0 Å². The summed E-state index contributed by atoms with van der Waals surface area (Å²) in [6.45, 7) is 5.55. The van der Waals surface area contributed by atoms with Crippen LogP contribution >= 0.6 is 0 Å². The van der Waals surface area contributed by atoms with Gasteiger partial charge in [-0.1, -0.05) is 26.3 Å². The third-order valence-corrected chi connectivity index (χ3v) is 5.42. The average molecular weight is 325 g/mol. The van der Waals surface area contributed by atoms with Crippen LogP contribution in [0.2, 0.25) is 0 Å². The van der Waals surface area contributed by atoms with Gasteiger partial charge in [-0.3, -0.25) is 4.79 Å². The molecule has 4 heteroatoms. The molecule has 2 aromatic rings. The highest BCUT2D eigenvalue weighted by Crippen LogP contribution is 2.41. The lowest BCUT2D eigenvalue weighted by Gasteiger charge is -2.33. The maximum absolute atomic E-state index is 12.5. The van der Waals surface area contributed by atoms with Crippen LogP contribution in [0.4, 0.5) is 0 Å². The molecule has 0 spiro atoms. The largest absolute Gasteiger partial charge is 0.454 e. The Morgan fingerprint density at radius 1 is 1.08 bits per heavy atom. The van der Waals surface area contributed by atoms with E-state index in [4.69, 9.17) is 9.47 Å². The van der Waals surface area contributed by atoms with Crippen molar-refractivity contribution in [1.82, 2.24) is 4.57 Å². The number of pyridine rings is 1. The molecule has 2 aliphatic rings. The van der Waals surface area contributed by atoms with E-state index in [0.717, 1.165) is 48.4 Å². The molecule has 126 valence electrons. The highest BCUT2D eigenvalue weighted by molar-refractivity contribution is 5.70. The van der Waals surface area contributed by atoms with Crippen LogP contribution in [0.5, 0.6) is 11.5 Å². The van der Waals surface area contributed by atoms with Gasteiger partial charge in [-0.2, -0.15) is 0 Å². The van der Waals surface area contributed by atoms with Crippen LogP contribution < -0.4 is 15.0 Å². The van der Waals surface area contributed by atoms with Gasteiger partial charge in [-0.15, -0.1) is 0 Å². The molecule has 1 aromatic heterocycles. The molecule has 0 radical (unpaired) electrons. The van der Waals surface area contributed by atoms with Crippen molar-refractivity contribution in [1.29, 1.82) is 0 Å². The number of fused-ring (bicyclic) bond motifs is 2. The molecule has 0 bridgehead atoms. The lowest BCUT2D eigenvalue weighted by molar-refractivity contribution is 0.174. The molecule has 0 N–H and O–H groups in total. The Labute approximate surface area is 142 Å². The summed E-state index contributed by atoms with van der Waals surface area (Å²) in [6, 6.07) is 9.72. The van der Waals surface area contributed by atoms with E-state index in [2.05, 4.69) is 19.9 Å². The van der Waals surface area contributed by atoms with Crippen LogP contribution in [0.3, 0.4) is 0 Å². The van der Waals surface area contributed by atoms with E-state index in [1.54, 1.807) is 6.07 Å². The zero-order chi connectivity index (χ0) is 16.7. The summed E-state index contributed by atoms with van der Waals surface area (Å²) in [5, 5.41) is 0. The van der Waals surface area contributed by atoms with Crippen LogP contribution in [0, 0.1) is 5.92 Å². The number of rotatable bonds is 3. The van der Waals surface area contributed by atoms with E-state index in [1.165, 1.54) is 5.69 Å². The molecule has 1 aromatic carbocycles. The average Bonchev–Trinajstić information content (AvgIpc) is 3.09. The number of hydrogen-bond donors (Lipinski definition) is 0. The molecule has 3 heterocycles. The van der Waals surface area contributed by atoms with Crippen LogP contribution in [0.15, 0.2) is 35.1 Å². The van der Waals surface area contributed by atoms with Gasteiger partial charge in [0.05, 0.1) is 0 Å². The van der Waals surface area contributed by atoms with Gasteiger partial charge in [0.2, 0.25) is 6.79 Å². The fourth-order valence-electron chi connectivity index (χ4n) is 4.03. The lowest BCUT2D eigenvalue weighted by Crippen LogP contribution is -2.33. The Bertz CT molecular complexity index is 824. The second-order valence-corrected chi connectivity index (χ2v) is 6.76. The monoisotopic (exact) mass is 325 g/mol. The van der Waals surface area contributed by atoms with Gasteiger partial charge in [-0.05, 0) is 42.5 Å². The molecule has 2 atom stereocenters. The normalized spacial score (nSPS) is 21.6. The first kappa shape index (κ1) is 15.3. The molecule has 2 aliphatic heterocycles. The maximum atomic E-state index is 12.5. The topological polar surface area (TPSA) is 40.5 Å². The summed E-state index contributed by atoms with van der Waals surface area (Å²) in [6.07, 6.45) is 3.34. The van der Waals surface area contributed by atoms with Crippen molar-refractivity contribution in [2.75, 3.05) is 6.79 Å². The second-order valence-electron chi connectivity index (χ2n) is 6.76. The number of ether oxygens (including phenoxy) is 2. The highest BCUT2D eigenvalue weighted by Gasteiger charge is 2.28. The molecule has 0 amide bonds. The smallest absolute Gasteiger partial charge is 0.250 e. The fourth-order valence-corrected chi connectivity index (χ4v) is 4.03. The molecule has 4 nitrogen and oxygen atoms in total. The summed E-state index contributed by atoms with van der Waals surface area (Å²) in [5.74, 6) is 2.59. The first-order valence-corrected chi connectivity index (χ1v) is 8.85. The Morgan fingerprint density at radius 2 is 1.92 bits per heavy atom. The van der Waals surface area contributed by atoms with Gasteiger partial charge in [0, 0.05) is 29.8 Å². The van der Waals surface area contributed by atoms with E-state index in [9.17, 15) is 4.79 Å². The third kappa shape index (κ3) is 2.41. The van der Waals surface area contributed by atoms with Gasteiger partial charge in [0.15, 0.2) is 11.5 Å². The minimum atomic E-state index is 0.117. The fraction of sp³-hybridized carbons (Fsp3) is 0.450. The molecule has 24 heavy (non-hydrogen) atoms.